The molecule has 30 heavy (non-hydrogen) atoms. The van der Waals surface area contributed by atoms with E-state index in [0.29, 0.717) is 60.9 Å². The predicted molar refractivity (Wildman–Crippen MR) is 116 cm³/mol. The number of nitrogens with zero attached hydrogens (tertiary/aromatic N) is 1. The minimum absolute atomic E-state index is 0.00584. The molecule has 2 aliphatic rings. The number of carbonyl (C=O) groups excluding carboxylic acids is 4. The number of ketones is 2. The molecule has 0 bridgehead atoms. The SMILES string of the molecule is CC1=C(C)C(=O)C(CCCC[C@@H](C(=O)NC(C)C)N2CCCC2C(N)=O)=C(C)C1=O. The minimum Gasteiger partial charge on any atom is -0.368 e. The molecule has 3 N–H and O–H groups in total. The van der Waals surface area contributed by atoms with Crippen LogP contribution in [0.15, 0.2) is 22.3 Å². The Morgan fingerprint density at radius 3 is 2.30 bits per heavy atom. The van der Waals surface area contributed by atoms with E-state index in [0.717, 1.165) is 6.42 Å². The highest BCUT2D eigenvalue weighted by molar-refractivity contribution is 6.24. The van der Waals surface area contributed by atoms with Crippen LogP contribution in [-0.4, -0.2) is 53.0 Å². The zero-order valence-corrected chi connectivity index (χ0v) is 18.8. The van der Waals surface area contributed by atoms with Gasteiger partial charge in [-0.2, -0.15) is 0 Å². The summed E-state index contributed by atoms with van der Waals surface area (Å²) >= 11 is 0. The highest BCUT2D eigenvalue weighted by Crippen LogP contribution is 2.28. The van der Waals surface area contributed by atoms with Crippen LogP contribution in [0.3, 0.4) is 0 Å². The Hall–Kier alpha value is -2.28. The van der Waals surface area contributed by atoms with Gasteiger partial charge in [-0.1, -0.05) is 6.42 Å². The van der Waals surface area contributed by atoms with E-state index >= 15 is 0 Å². The Morgan fingerprint density at radius 2 is 1.70 bits per heavy atom. The average Bonchev–Trinajstić information content (AvgIpc) is 3.16. The lowest BCUT2D eigenvalue weighted by Gasteiger charge is -2.31. The van der Waals surface area contributed by atoms with Crippen molar-refractivity contribution in [2.45, 2.75) is 91.3 Å². The zero-order chi connectivity index (χ0) is 22.6. The fourth-order valence-corrected chi connectivity index (χ4v) is 4.39. The molecule has 2 atom stereocenters. The number of allylic oxidation sites excluding steroid dienone is 4. The number of amides is 2. The molecule has 166 valence electrons. The number of unbranched alkanes of at least 4 members (excludes halogenated alkanes) is 1. The molecule has 0 aromatic rings. The smallest absolute Gasteiger partial charge is 0.237 e. The van der Waals surface area contributed by atoms with Crippen molar-refractivity contribution in [3.05, 3.63) is 22.3 Å². The summed E-state index contributed by atoms with van der Waals surface area (Å²) in [4.78, 5) is 51.5. The Balaban J connectivity index is 2.04. The summed E-state index contributed by atoms with van der Waals surface area (Å²) in [6.45, 7) is 9.59. The molecule has 0 aromatic heterocycles. The number of nitrogens with one attached hydrogen (secondary N) is 1. The predicted octanol–water partition coefficient (Wildman–Crippen LogP) is 2.19. The third-order valence-corrected chi connectivity index (χ3v) is 6.22. The first-order chi connectivity index (χ1) is 14.1. The van der Waals surface area contributed by atoms with Gasteiger partial charge in [-0.3, -0.25) is 24.1 Å². The van der Waals surface area contributed by atoms with Gasteiger partial charge in [0.25, 0.3) is 0 Å². The number of primary amides is 1. The summed E-state index contributed by atoms with van der Waals surface area (Å²) in [6.07, 6.45) is 4.00. The van der Waals surface area contributed by atoms with Crippen molar-refractivity contribution in [1.29, 1.82) is 0 Å². The van der Waals surface area contributed by atoms with Crippen LogP contribution in [0.25, 0.3) is 0 Å². The van der Waals surface area contributed by atoms with E-state index in [1.807, 2.05) is 18.7 Å². The lowest BCUT2D eigenvalue weighted by atomic mass is 9.83. The molecule has 7 heteroatoms. The van der Waals surface area contributed by atoms with Crippen molar-refractivity contribution in [3.63, 3.8) is 0 Å². The Kier molecular flexibility index (Phi) is 8.12. The van der Waals surface area contributed by atoms with Crippen LogP contribution in [0.1, 0.15) is 73.1 Å². The second-order valence-electron chi connectivity index (χ2n) is 8.73. The van der Waals surface area contributed by atoms with Crippen molar-refractivity contribution < 1.29 is 19.2 Å². The van der Waals surface area contributed by atoms with E-state index in [4.69, 9.17) is 5.73 Å². The van der Waals surface area contributed by atoms with Gasteiger partial charge in [0.1, 0.15) is 0 Å². The van der Waals surface area contributed by atoms with Gasteiger partial charge in [-0.15, -0.1) is 0 Å². The first kappa shape index (κ1) is 24.0. The highest BCUT2D eigenvalue weighted by Gasteiger charge is 2.37. The van der Waals surface area contributed by atoms with E-state index in [2.05, 4.69) is 5.32 Å². The fourth-order valence-electron chi connectivity index (χ4n) is 4.39. The zero-order valence-electron chi connectivity index (χ0n) is 18.8. The minimum atomic E-state index is -0.421. The van der Waals surface area contributed by atoms with Gasteiger partial charge in [-0.25, -0.2) is 0 Å². The number of hydrogen-bond donors (Lipinski definition) is 2. The molecule has 1 heterocycles. The molecule has 0 saturated carbocycles. The molecule has 1 saturated heterocycles. The van der Waals surface area contributed by atoms with Gasteiger partial charge >= 0.3 is 0 Å². The van der Waals surface area contributed by atoms with E-state index < -0.39 is 12.1 Å². The number of Topliss-reactive ketones (excluding diaryl/α,β-unsaturated/α-hetero) is 2. The van der Waals surface area contributed by atoms with E-state index in [1.165, 1.54) is 0 Å². The van der Waals surface area contributed by atoms with Gasteiger partial charge in [0, 0.05) is 28.3 Å². The van der Waals surface area contributed by atoms with Crippen LogP contribution < -0.4 is 11.1 Å². The van der Waals surface area contributed by atoms with Crippen LogP contribution in [0.5, 0.6) is 0 Å². The standard InChI is InChI=1S/C23H35N3O4/c1-13(2)25-23(30)19(26-12-8-11-18(26)22(24)29)10-7-6-9-17-16(5)20(27)14(3)15(4)21(17)28/h13,18-19H,6-12H2,1-5H3,(H2,24,29)(H,25,30)/t18?,19-/m0/s1. The second kappa shape index (κ2) is 10.2. The maximum absolute atomic E-state index is 12.8. The monoisotopic (exact) mass is 417 g/mol. The molecule has 0 spiro atoms. The quantitative estimate of drug-likeness (QED) is 0.441. The topological polar surface area (TPSA) is 110 Å². The molecule has 2 rings (SSSR count). The molecular formula is C23H35N3O4. The Morgan fingerprint density at radius 1 is 1.07 bits per heavy atom. The van der Waals surface area contributed by atoms with Gasteiger partial charge in [-0.05, 0) is 73.3 Å². The fraction of sp³-hybridized carbons (Fsp3) is 0.652. The van der Waals surface area contributed by atoms with Crippen LogP contribution in [0, 0.1) is 0 Å². The van der Waals surface area contributed by atoms with Crippen molar-refractivity contribution in [2.24, 2.45) is 5.73 Å². The van der Waals surface area contributed by atoms with Crippen molar-refractivity contribution in [2.75, 3.05) is 6.54 Å². The van der Waals surface area contributed by atoms with Crippen LogP contribution >= 0.6 is 0 Å². The first-order valence-electron chi connectivity index (χ1n) is 10.9. The first-order valence-corrected chi connectivity index (χ1v) is 10.9. The number of carbonyl (C=O) groups is 4. The summed E-state index contributed by atoms with van der Waals surface area (Å²) < 4.78 is 0. The maximum atomic E-state index is 12.8. The molecule has 2 amide bonds. The van der Waals surface area contributed by atoms with Crippen LogP contribution in [-0.2, 0) is 19.2 Å². The molecule has 1 aliphatic heterocycles. The largest absolute Gasteiger partial charge is 0.368 e. The molecule has 1 unspecified atom stereocenters. The van der Waals surface area contributed by atoms with E-state index in [-0.39, 0.29) is 29.4 Å². The maximum Gasteiger partial charge on any atom is 0.237 e. The Bertz CT molecular complexity index is 794. The lowest BCUT2D eigenvalue weighted by molar-refractivity contribution is -0.130. The molecule has 7 nitrogen and oxygen atoms in total. The molecule has 0 radical (unpaired) electrons. The number of rotatable bonds is 9. The summed E-state index contributed by atoms with van der Waals surface area (Å²) in [5, 5.41) is 2.95. The molecular weight excluding hydrogens is 382 g/mol. The van der Waals surface area contributed by atoms with Crippen LogP contribution in [0.4, 0.5) is 0 Å². The molecule has 1 fully saturated rings. The lowest BCUT2D eigenvalue weighted by Crippen LogP contribution is -2.53. The van der Waals surface area contributed by atoms with Gasteiger partial charge in [0.2, 0.25) is 11.8 Å². The van der Waals surface area contributed by atoms with Crippen molar-refractivity contribution in [3.8, 4) is 0 Å². The van der Waals surface area contributed by atoms with Crippen molar-refractivity contribution >= 4 is 23.4 Å². The third-order valence-electron chi connectivity index (χ3n) is 6.22. The normalized spacial score (nSPS) is 21.6. The summed E-state index contributed by atoms with van der Waals surface area (Å²) in [5.74, 6) is -0.587. The summed E-state index contributed by atoms with van der Waals surface area (Å²) in [7, 11) is 0. The number of likely N-dealkylation sites (tertiary alicyclic amines) is 1. The molecule has 0 aromatic carbocycles. The summed E-state index contributed by atoms with van der Waals surface area (Å²) in [5.41, 5.74) is 7.72. The van der Waals surface area contributed by atoms with Gasteiger partial charge in [0.15, 0.2) is 11.6 Å². The van der Waals surface area contributed by atoms with Crippen molar-refractivity contribution in [1.82, 2.24) is 10.2 Å². The van der Waals surface area contributed by atoms with E-state index in [1.54, 1.807) is 20.8 Å². The van der Waals surface area contributed by atoms with Gasteiger partial charge in [0.05, 0.1) is 12.1 Å². The average molecular weight is 418 g/mol. The number of nitrogens with two attached hydrogens (primary N) is 1. The Labute approximate surface area is 179 Å². The third kappa shape index (κ3) is 5.25. The van der Waals surface area contributed by atoms with Gasteiger partial charge < -0.3 is 11.1 Å². The highest BCUT2D eigenvalue weighted by atomic mass is 16.2. The molecule has 1 aliphatic carbocycles. The second-order valence-corrected chi connectivity index (χ2v) is 8.73. The number of hydrogen-bond acceptors (Lipinski definition) is 5. The van der Waals surface area contributed by atoms with E-state index in [9.17, 15) is 19.2 Å². The van der Waals surface area contributed by atoms with Crippen LogP contribution in [0.2, 0.25) is 0 Å². The summed E-state index contributed by atoms with van der Waals surface area (Å²) in [6, 6.07) is -0.826.